The lowest BCUT2D eigenvalue weighted by Gasteiger charge is -2.33. The number of nitrogens with one attached hydrogen (secondary N) is 2. The van der Waals surface area contributed by atoms with Crippen LogP contribution in [0.15, 0.2) is 36.8 Å². The summed E-state index contributed by atoms with van der Waals surface area (Å²) in [5, 5.41) is 41.7. The lowest BCUT2D eigenvalue weighted by Crippen LogP contribution is -2.52. The lowest BCUT2D eigenvalue weighted by molar-refractivity contribution is -0.140. The molecule has 2 aromatic heterocycles. The zero-order valence-corrected chi connectivity index (χ0v) is 18.1. The largest absolute Gasteiger partial charge is 0.507 e. The van der Waals surface area contributed by atoms with Gasteiger partial charge in [0.15, 0.2) is 0 Å². The smallest absolute Gasteiger partial charge is 0.390 e. The van der Waals surface area contributed by atoms with E-state index in [1.54, 1.807) is 29.4 Å². The number of aromatic amines is 1. The SMILES string of the molecule is O=CO.O=CO.Oc1cc(-c2cn[nH]c2)ccc1-c1cnc(N2CCNC(CC(F)(F)F)C2)nn1. The number of phenolic OH excluding ortho intramolecular Hbond substituents is 1. The first-order chi connectivity index (χ1) is 16.7. The van der Waals surface area contributed by atoms with Crippen molar-refractivity contribution in [2.24, 2.45) is 0 Å². The number of rotatable bonds is 4. The summed E-state index contributed by atoms with van der Waals surface area (Å²) in [5.41, 5.74) is 2.44. The van der Waals surface area contributed by atoms with Crippen molar-refractivity contribution in [1.29, 1.82) is 0 Å². The van der Waals surface area contributed by atoms with Gasteiger partial charge >= 0.3 is 6.18 Å². The van der Waals surface area contributed by atoms with Crippen molar-refractivity contribution in [3.63, 3.8) is 0 Å². The van der Waals surface area contributed by atoms with Gasteiger partial charge < -0.3 is 25.5 Å². The first-order valence-electron chi connectivity index (χ1n) is 9.95. The summed E-state index contributed by atoms with van der Waals surface area (Å²) in [5.74, 6) is 0.275. The molecule has 35 heavy (non-hydrogen) atoms. The summed E-state index contributed by atoms with van der Waals surface area (Å²) >= 11 is 0. The van der Waals surface area contributed by atoms with E-state index >= 15 is 0 Å². The molecule has 3 heterocycles. The Hall–Kier alpha value is -4.27. The molecule has 4 rings (SSSR count). The van der Waals surface area contributed by atoms with Crippen LogP contribution >= 0.6 is 0 Å². The first kappa shape index (κ1) is 27.0. The third-order valence-corrected chi connectivity index (χ3v) is 4.67. The van der Waals surface area contributed by atoms with Gasteiger partial charge in [0.1, 0.15) is 11.4 Å². The maximum absolute atomic E-state index is 12.6. The predicted molar refractivity (Wildman–Crippen MR) is 117 cm³/mol. The Balaban J connectivity index is 0.000000655. The number of carboxylic acid groups (broad SMARTS) is 2. The summed E-state index contributed by atoms with van der Waals surface area (Å²) in [6, 6.07) is 4.39. The van der Waals surface area contributed by atoms with E-state index in [1.165, 1.54) is 6.20 Å². The zero-order chi connectivity index (χ0) is 25.8. The molecule has 1 aliphatic heterocycles. The highest BCUT2D eigenvalue weighted by molar-refractivity contribution is 5.73. The van der Waals surface area contributed by atoms with Gasteiger partial charge in [-0.1, -0.05) is 6.07 Å². The highest BCUT2D eigenvalue weighted by Gasteiger charge is 2.34. The fourth-order valence-electron chi connectivity index (χ4n) is 3.30. The van der Waals surface area contributed by atoms with E-state index in [1.807, 2.05) is 6.07 Å². The summed E-state index contributed by atoms with van der Waals surface area (Å²) in [6.07, 6.45) is -0.334. The van der Waals surface area contributed by atoms with Crippen LogP contribution in [0.1, 0.15) is 6.42 Å². The van der Waals surface area contributed by atoms with E-state index in [2.05, 4.69) is 30.7 Å². The van der Waals surface area contributed by atoms with Gasteiger partial charge in [-0.3, -0.25) is 14.7 Å². The molecular formula is C20H22F3N7O5. The molecular weight excluding hydrogens is 475 g/mol. The standard InChI is InChI=1S/C18H18F3N7O.2CH2O2/c19-18(20,21)6-13-10-28(4-3-22-13)17-23-9-15(26-27-17)14-2-1-11(5-16(14)29)12-7-24-25-8-12;2*2-1-3/h1-2,5,7-9,13,22,29H,3-4,6,10H2,(H,24,25);2*1H,(H,2,3). The molecule has 1 fully saturated rings. The molecule has 12 nitrogen and oxygen atoms in total. The summed E-state index contributed by atoms with van der Waals surface area (Å²) < 4.78 is 37.9. The number of anilines is 1. The van der Waals surface area contributed by atoms with E-state index in [0.29, 0.717) is 24.3 Å². The topological polar surface area (TPSA) is 177 Å². The van der Waals surface area contributed by atoms with Crippen LogP contribution in [0.4, 0.5) is 19.1 Å². The second-order valence-corrected chi connectivity index (χ2v) is 6.99. The maximum atomic E-state index is 12.6. The van der Waals surface area contributed by atoms with E-state index in [-0.39, 0.29) is 31.2 Å². The van der Waals surface area contributed by atoms with E-state index in [0.717, 1.165) is 11.1 Å². The van der Waals surface area contributed by atoms with Crippen molar-refractivity contribution in [2.75, 3.05) is 24.5 Å². The van der Waals surface area contributed by atoms with Gasteiger partial charge in [-0.15, -0.1) is 10.2 Å². The van der Waals surface area contributed by atoms with Gasteiger partial charge in [0.2, 0.25) is 5.95 Å². The molecule has 0 radical (unpaired) electrons. The number of halogens is 3. The molecule has 1 aromatic carbocycles. The Labute approximate surface area is 196 Å². The molecule has 1 aliphatic rings. The number of aromatic hydroxyl groups is 1. The van der Waals surface area contributed by atoms with Gasteiger partial charge in [0.25, 0.3) is 12.9 Å². The number of hydrogen-bond acceptors (Lipinski definition) is 9. The molecule has 5 N–H and O–H groups in total. The number of phenols is 1. The Morgan fingerprint density at radius 1 is 1.11 bits per heavy atom. The van der Waals surface area contributed by atoms with Crippen LogP contribution in [0.5, 0.6) is 5.75 Å². The molecule has 0 aliphatic carbocycles. The average molecular weight is 497 g/mol. The first-order valence-corrected chi connectivity index (χ1v) is 9.95. The molecule has 188 valence electrons. The van der Waals surface area contributed by atoms with Crippen molar-refractivity contribution in [3.05, 3.63) is 36.8 Å². The van der Waals surface area contributed by atoms with Gasteiger partial charge in [-0.05, 0) is 17.7 Å². The molecule has 1 atom stereocenters. The normalized spacial score (nSPS) is 15.2. The quantitative estimate of drug-likeness (QED) is 0.332. The van der Waals surface area contributed by atoms with E-state index in [4.69, 9.17) is 19.8 Å². The number of carbonyl (C=O) groups is 2. The van der Waals surface area contributed by atoms with Gasteiger partial charge in [0, 0.05) is 43.0 Å². The molecule has 0 amide bonds. The van der Waals surface area contributed by atoms with Crippen LogP contribution in [0.3, 0.4) is 0 Å². The summed E-state index contributed by atoms with van der Waals surface area (Å²) in [4.78, 5) is 22.6. The Morgan fingerprint density at radius 2 is 1.83 bits per heavy atom. The Morgan fingerprint density at radius 3 is 2.37 bits per heavy atom. The highest BCUT2D eigenvalue weighted by atomic mass is 19.4. The monoisotopic (exact) mass is 497 g/mol. The van der Waals surface area contributed by atoms with Crippen LogP contribution < -0.4 is 10.2 Å². The fourth-order valence-corrected chi connectivity index (χ4v) is 3.30. The minimum absolute atomic E-state index is 0.0139. The highest BCUT2D eigenvalue weighted by Crippen LogP contribution is 2.32. The van der Waals surface area contributed by atoms with Crippen molar-refractivity contribution in [3.8, 4) is 28.1 Å². The van der Waals surface area contributed by atoms with E-state index < -0.39 is 18.6 Å². The molecule has 15 heteroatoms. The van der Waals surface area contributed by atoms with Gasteiger partial charge in [-0.2, -0.15) is 18.3 Å². The van der Waals surface area contributed by atoms with Gasteiger partial charge in [0.05, 0.1) is 18.8 Å². The summed E-state index contributed by atoms with van der Waals surface area (Å²) in [7, 11) is 0. The number of alkyl halides is 3. The number of aromatic nitrogens is 5. The van der Waals surface area contributed by atoms with Crippen LogP contribution in [-0.4, -0.2) is 85.5 Å². The van der Waals surface area contributed by atoms with Crippen molar-refractivity contribution >= 4 is 18.9 Å². The number of benzene rings is 1. The van der Waals surface area contributed by atoms with Crippen molar-refractivity contribution in [2.45, 2.75) is 18.6 Å². The van der Waals surface area contributed by atoms with Crippen LogP contribution in [-0.2, 0) is 9.59 Å². The van der Waals surface area contributed by atoms with Crippen molar-refractivity contribution < 1.29 is 38.1 Å². The minimum atomic E-state index is -4.23. The van der Waals surface area contributed by atoms with Crippen LogP contribution in [0.25, 0.3) is 22.4 Å². The third kappa shape index (κ3) is 8.22. The number of H-pyrrole nitrogens is 1. The molecule has 1 unspecified atom stereocenters. The molecule has 3 aromatic rings. The van der Waals surface area contributed by atoms with Crippen LogP contribution in [0.2, 0.25) is 0 Å². The Bertz CT molecular complexity index is 1060. The zero-order valence-electron chi connectivity index (χ0n) is 18.1. The second-order valence-electron chi connectivity index (χ2n) is 6.99. The van der Waals surface area contributed by atoms with E-state index in [9.17, 15) is 18.3 Å². The second kappa shape index (κ2) is 12.8. The van der Waals surface area contributed by atoms with Crippen LogP contribution in [0, 0.1) is 0 Å². The fraction of sp³-hybridized carbons (Fsp3) is 0.300. The lowest BCUT2D eigenvalue weighted by atomic mass is 10.0. The number of nitrogens with zero attached hydrogens (tertiary/aromatic N) is 5. The summed E-state index contributed by atoms with van der Waals surface area (Å²) in [6.45, 7) is 0.535. The molecule has 0 spiro atoms. The minimum Gasteiger partial charge on any atom is -0.507 e. The third-order valence-electron chi connectivity index (χ3n) is 4.67. The number of hydrogen-bond donors (Lipinski definition) is 5. The molecule has 0 bridgehead atoms. The Kier molecular flexibility index (Phi) is 9.89. The molecule has 0 saturated carbocycles. The molecule has 1 saturated heterocycles. The van der Waals surface area contributed by atoms with Gasteiger partial charge in [-0.25, -0.2) is 4.98 Å². The predicted octanol–water partition coefficient (Wildman–Crippen LogP) is 1.77. The van der Waals surface area contributed by atoms with Crippen molar-refractivity contribution in [1.82, 2.24) is 30.7 Å². The maximum Gasteiger partial charge on any atom is 0.390 e. The number of piperazine rings is 1. The average Bonchev–Trinajstić information content (AvgIpc) is 3.34.